The van der Waals surface area contributed by atoms with Gasteiger partial charge in [0, 0.05) is 5.56 Å². The number of carbonyl (C=O) groups is 1. The van der Waals surface area contributed by atoms with Crippen molar-refractivity contribution in [3.63, 3.8) is 0 Å². The van der Waals surface area contributed by atoms with Gasteiger partial charge in [-0.1, -0.05) is 96.2 Å². The summed E-state index contributed by atoms with van der Waals surface area (Å²) in [7, 11) is -1.38. The van der Waals surface area contributed by atoms with Crippen LogP contribution in [0.2, 0.25) is 0 Å². The van der Waals surface area contributed by atoms with Crippen molar-refractivity contribution in [1.29, 1.82) is 0 Å². The highest BCUT2D eigenvalue weighted by molar-refractivity contribution is 8.04. The molecule has 0 spiro atoms. The Morgan fingerprint density at radius 2 is 1.27 bits per heavy atom. The average molecular weight is 588 g/mol. The number of halogens is 1. The molecule has 4 aromatic carbocycles. The molecule has 1 N–H and O–H groups in total. The first kappa shape index (κ1) is 29.3. The number of thioether (sulfide) groups is 1. The second kappa shape index (κ2) is 13.1. The molecule has 0 aliphatic carbocycles. The summed E-state index contributed by atoms with van der Waals surface area (Å²) in [6.45, 7) is 2.01. The van der Waals surface area contributed by atoms with Crippen LogP contribution in [0.5, 0.6) is 0 Å². The van der Waals surface area contributed by atoms with Gasteiger partial charge in [-0.2, -0.15) is 0 Å². The summed E-state index contributed by atoms with van der Waals surface area (Å²) in [5.41, 5.74) is 1.69. The molecule has 1 heterocycles. The van der Waals surface area contributed by atoms with Gasteiger partial charge in [0.25, 0.3) is 5.56 Å². The van der Waals surface area contributed by atoms with Crippen LogP contribution in [0, 0.1) is 6.92 Å². The van der Waals surface area contributed by atoms with Crippen molar-refractivity contribution in [1.82, 2.24) is 9.97 Å². The number of methoxy groups -OCH3 is 1. The summed E-state index contributed by atoms with van der Waals surface area (Å²) in [5.74, 6) is 0.113. The van der Waals surface area contributed by atoms with Crippen molar-refractivity contribution in [3.05, 3.63) is 131 Å². The Bertz CT molecular complexity index is 1530. The van der Waals surface area contributed by atoms with Crippen LogP contribution in [0.25, 0.3) is 11.4 Å². The molecule has 5 aromatic rings. The summed E-state index contributed by atoms with van der Waals surface area (Å²) in [5, 5.41) is 4.16. The zero-order valence-electron chi connectivity index (χ0n) is 22.1. The minimum absolute atomic E-state index is 0. The third kappa shape index (κ3) is 5.75. The van der Waals surface area contributed by atoms with Gasteiger partial charge in [-0.05, 0) is 43.3 Å². The van der Waals surface area contributed by atoms with E-state index in [9.17, 15) is 9.59 Å². The molecule has 0 amide bonds. The number of ether oxygens (including phenoxy) is 1. The Morgan fingerprint density at radius 3 is 1.73 bits per heavy atom. The third-order valence-corrected chi connectivity index (χ3v) is 11.9. The predicted octanol–water partition coefficient (Wildman–Crippen LogP) is 5.05. The summed E-state index contributed by atoms with van der Waals surface area (Å²) in [6, 6.07) is 38.3. The van der Waals surface area contributed by atoms with E-state index < -0.39 is 7.26 Å². The number of aromatic nitrogens is 2. The maximum absolute atomic E-state index is 14.4. The lowest BCUT2D eigenvalue weighted by atomic mass is 10.1. The van der Waals surface area contributed by atoms with E-state index in [2.05, 4.69) is 41.4 Å². The van der Waals surface area contributed by atoms with E-state index in [1.807, 2.05) is 85.8 Å². The molecule has 0 saturated carbocycles. The lowest BCUT2D eigenvalue weighted by Crippen LogP contribution is -2.46. The zero-order valence-corrected chi connectivity index (χ0v) is 24.6. The lowest BCUT2D eigenvalue weighted by Gasteiger charge is -2.28. The predicted molar refractivity (Wildman–Crippen MR) is 170 cm³/mol. The van der Waals surface area contributed by atoms with Crippen molar-refractivity contribution < 1.29 is 9.53 Å². The second-order valence-electron chi connectivity index (χ2n) is 8.98. The molecule has 8 heteroatoms. The monoisotopic (exact) mass is 587 g/mol. The number of esters is 1. The Hall–Kier alpha value is -3.70. The summed E-state index contributed by atoms with van der Waals surface area (Å²) < 4.78 is 4.95. The smallest absolute Gasteiger partial charge is 0.316 e. The molecule has 0 saturated heterocycles. The fourth-order valence-electron chi connectivity index (χ4n) is 4.67. The minimum Gasteiger partial charge on any atom is -0.468 e. The number of aromatic amines is 1. The van der Waals surface area contributed by atoms with E-state index in [-0.39, 0.29) is 29.7 Å². The molecule has 5 nitrogen and oxygen atoms in total. The van der Waals surface area contributed by atoms with Crippen molar-refractivity contribution in [3.8, 4) is 11.4 Å². The number of carbonyl (C=O) groups excluding carboxylic acids is 1. The van der Waals surface area contributed by atoms with Crippen LogP contribution in [0.3, 0.4) is 0 Å². The van der Waals surface area contributed by atoms with E-state index in [0.29, 0.717) is 16.2 Å². The topological polar surface area (TPSA) is 72.0 Å². The molecule has 0 unspecified atom stereocenters. The number of aryl methyl sites for hydroxylation is 1. The van der Waals surface area contributed by atoms with Crippen LogP contribution in [0.1, 0.15) is 5.56 Å². The van der Waals surface area contributed by atoms with Gasteiger partial charge in [-0.25, -0.2) is 4.98 Å². The first-order valence-corrected chi connectivity index (χ1v) is 15.3. The number of nitrogens with one attached hydrogen (secondary N) is 1. The molecule has 0 aliphatic rings. The number of hydrogen-bond acceptors (Lipinski definition) is 5. The first-order valence-electron chi connectivity index (χ1n) is 12.5. The molecule has 0 aliphatic heterocycles. The van der Waals surface area contributed by atoms with Crippen LogP contribution < -0.4 is 26.8 Å². The van der Waals surface area contributed by atoms with Gasteiger partial charge in [0.15, 0.2) is 7.26 Å². The van der Waals surface area contributed by atoms with Gasteiger partial charge >= 0.3 is 5.97 Å². The molecule has 1 aromatic heterocycles. The van der Waals surface area contributed by atoms with Gasteiger partial charge in [0.2, 0.25) is 5.30 Å². The molecule has 40 heavy (non-hydrogen) atoms. The SMILES string of the molecule is COC(=O)CSc1nc(-c2ccc(C)cc2)[nH]c(=O)c1[P+](c1ccccc1)(c1ccccc1)c1ccccc1.Cl. The summed E-state index contributed by atoms with van der Waals surface area (Å²) in [4.78, 5) is 34.8. The number of nitrogens with zero attached hydrogens (tertiary/aromatic N) is 1. The quantitative estimate of drug-likeness (QED) is 0.119. The fourth-order valence-corrected chi connectivity index (χ4v) is 10.3. The van der Waals surface area contributed by atoms with Crippen molar-refractivity contribution >= 4 is 58.6 Å². The van der Waals surface area contributed by atoms with Crippen molar-refractivity contribution in [2.75, 3.05) is 12.9 Å². The number of rotatable bonds is 8. The van der Waals surface area contributed by atoms with Gasteiger partial charge < -0.3 is 9.72 Å². The average Bonchev–Trinajstić information content (AvgIpc) is 2.99. The van der Waals surface area contributed by atoms with Gasteiger partial charge in [-0.3, -0.25) is 9.59 Å². The van der Waals surface area contributed by atoms with Gasteiger partial charge in [0.05, 0.1) is 12.9 Å². The van der Waals surface area contributed by atoms with Crippen molar-refractivity contribution in [2.45, 2.75) is 11.9 Å². The van der Waals surface area contributed by atoms with Crippen LogP contribution >= 0.6 is 31.4 Å². The van der Waals surface area contributed by atoms with Crippen LogP contribution in [-0.4, -0.2) is 28.8 Å². The highest BCUT2D eigenvalue weighted by Gasteiger charge is 2.52. The first-order chi connectivity index (χ1) is 19.0. The van der Waals surface area contributed by atoms with Crippen molar-refractivity contribution in [2.24, 2.45) is 0 Å². The van der Waals surface area contributed by atoms with E-state index in [1.165, 1.54) is 18.9 Å². The number of hydrogen-bond donors (Lipinski definition) is 1. The number of benzene rings is 4. The largest absolute Gasteiger partial charge is 0.468 e. The maximum Gasteiger partial charge on any atom is 0.316 e. The van der Waals surface area contributed by atoms with Crippen LogP contribution in [0.4, 0.5) is 0 Å². The standard InChI is InChI=1S/C32H27N2O3PS.ClH/c1-23-18-20-24(21-19-23)30-33-31(36)29(32(34-30)39-22-28(35)37-2)38(25-12-6-3-7-13-25,26-14-8-4-9-15-26)27-16-10-5-11-17-27;/h3-21H,22H2,1-2H3;1H/p+1. The molecular weight excluding hydrogens is 559 g/mol. The molecule has 202 valence electrons. The van der Waals surface area contributed by atoms with Gasteiger partial charge in [0.1, 0.15) is 26.8 Å². The maximum atomic E-state index is 14.4. The van der Waals surface area contributed by atoms with Gasteiger partial charge in [-0.15, -0.1) is 12.4 Å². The minimum atomic E-state index is -2.75. The highest BCUT2D eigenvalue weighted by atomic mass is 35.5. The Morgan fingerprint density at radius 1 is 0.800 bits per heavy atom. The second-order valence-corrected chi connectivity index (χ2v) is 13.3. The molecular formula is C32H29ClN2O3PS+. The Kier molecular flexibility index (Phi) is 9.59. The lowest BCUT2D eigenvalue weighted by molar-refractivity contribution is -0.137. The molecule has 5 rings (SSSR count). The van der Waals surface area contributed by atoms with Crippen LogP contribution in [0.15, 0.2) is 125 Å². The van der Waals surface area contributed by atoms with E-state index >= 15 is 0 Å². The van der Waals surface area contributed by atoms with E-state index in [4.69, 9.17) is 9.72 Å². The van der Waals surface area contributed by atoms with E-state index in [1.54, 1.807) is 0 Å². The zero-order chi connectivity index (χ0) is 27.2. The molecule has 0 radical (unpaired) electrons. The van der Waals surface area contributed by atoms with Crippen LogP contribution in [-0.2, 0) is 9.53 Å². The van der Waals surface area contributed by atoms with E-state index in [0.717, 1.165) is 27.0 Å². The molecule has 0 atom stereocenters. The normalized spacial score (nSPS) is 10.9. The Labute approximate surface area is 244 Å². The molecule has 0 bridgehead atoms. The Balaban J connectivity index is 0.00000370. The highest BCUT2D eigenvalue weighted by Crippen LogP contribution is 2.54. The summed E-state index contributed by atoms with van der Waals surface area (Å²) in [6.07, 6.45) is 0. The summed E-state index contributed by atoms with van der Waals surface area (Å²) >= 11 is 1.24. The molecule has 0 fully saturated rings. The number of H-pyrrole nitrogens is 1. The third-order valence-electron chi connectivity index (χ3n) is 6.51. The fraction of sp³-hybridized carbons (Fsp3) is 0.0938.